The minimum atomic E-state index is -0.777. The van der Waals surface area contributed by atoms with Crippen LogP contribution in [0.5, 0.6) is 17.2 Å². The number of aromatic hydroxyl groups is 1. The van der Waals surface area contributed by atoms with E-state index < -0.39 is 6.10 Å². The Morgan fingerprint density at radius 2 is 1.88 bits per heavy atom. The second-order valence-corrected chi connectivity index (χ2v) is 7.21. The van der Waals surface area contributed by atoms with E-state index in [4.69, 9.17) is 9.47 Å². The second-order valence-electron chi connectivity index (χ2n) is 7.21. The third-order valence-electron chi connectivity index (χ3n) is 5.24. The Kier molecular flexibility index (Phi) is 7.49. The van der Waals surface area contributed by atoms with E-state index in [1.54, 1.807) is 24.3 Å². The van der Waals surface area contributed by atoms with Gasteiger partial charge in [0.25, 0.3) is 0 Å². The number of hydrogen-bond acceptors (Lipinski definition) is 6. The number of methoxy groups -OCH3 is 1. The highest BCUT2D eigenvalue weighted by Crippen LogP contribution is 2.33. The predicted molar refractivity (Wildman–Crippen MR) is 126 cm³/mol. The predicted octanol–water partition coefficient (Wildman–Crippen LogP) is 4.43. The molecule has 2 aromatic carbocycles. The summed E-state index contributed by atoms with van der Waals surface area (Å²) in [6.45, 7) is 5.93. The molecule has 1 heterocycles. The first-order valence-electron chi connectivity index (χ1n) is 10.5. The molecule has 6 nitrogen and oxygen atoms in total. The van der Waals surface area contributed by atoms with Crippen LogP contribution in [0, 0.1) is 0 Å². The lowest BCUT2D eigenvalue weighted by Crippen LogP contribution is -2.25. The number of hydrogen-bond donors (Lipinski definition) is 1. The minimum Gasteiger partial charge on any atom is -0.504 e. The zero-order chi connectivity index (χ0) is 23.1. The van der Waals surface area contributed by atoms with Gasteiger partial charge in [0.05, 0.1) is 7.11 Å². The number of allylic oxidation sites excluding steroid dienone is 2. The number of ketones is 1. The normalized spacial score (nSPS) is 15.2. The van der Waals surface area contributed by atoms with Gasteiger partial charge in [-0.15, -0.1) is 0 Å². The van der Waals surface area contributed by atoms with Gasteiger partial charge in [-0.3, -0.25) is 9.59 Å². The van der Waals surface area contributed by atoms with Crippen LogP contribution in [-0.2, 0) is 9.59 Å². The van der Waals surface area contributed by atoms with E-state index in [1.165, 1.54) is 25.3 Å². The number of benzene rings is 2. The van der Waals surface area contributed by atoms with E-state index in [9.17, 15) is 14.7 Å². The molecule has 0 fully saturated rings. The maximum absolute atomic E-state index is 12.3. The van der Waals surface area contributed by atoms with E-state index >= 15 is 0 Å². The van der Waals surface area contributed by atoms with Gasteiger partial charge >= 0.3 is 0 Å². The highest BCUT2D eigenvalue weighted by molar-refractivity contribution is 6.02. The number of anilines is 1. The Bertz CT molecular complexity index is 1080. The van der Waals surface area contributed by atoms with Crippen LogP contribution in [0.15, 0.2) is 60.2 Å². The van der Waals surface area contributed by atoms with Crippen molar-refractivity contribution in [2.24, 2.45) is 0 Å². The van der Waals surface area contributed by atoms with Crippen molar-refractivity contribution in [3.63, 3.8) is 0 Å². The van der Waals surface area contributed by atoms with Crippen LogP contribution in [0.4, 0.5) is 5.69 Å². The smallest absolute Gasteiger partial charge is 0.179 e. The van der Waals surface area contributed by atoms with Crippen molar-refractivity contribution in [2.75, 3.05) is 25.1 Å². The summed E-state index contributed by atoms with van der Waals surface area (Å²) in [5.41, 5.74) is 3.16. The minimum absolute atomic E-state index is 0.00112. The van der Waals surface area contributed by atoms with Gasteiger partial charge in [-0.05, 0) is 61.9 Å². The van der Waals surface area contributed by atoms with Crippen molar-refractivity contribution in [3.05, 3.63) is 71.3 Å². The average molecular weight is 434 g/mol. The summed E-state index contributed by atoms with van der Waals surface area (Å²) in [5, 5.41) is 9.83. The largest absolute Gasteiger partial charge is 0.504 e. The lowest BCUT2D eigenvalue weighted by Gasteiger charge is -2.26. The fourth-order valence-corrected chi connectivity index (χ4v) is 3.47. The van der Waals surface area contributed by atoms with Crippen molar-refractivity contribution in [1.82, 2.24) is 0 Å². The van der Waals surface area contributed by atoms with Crippen LogP contribution >= 0.6 is 0 Å². The van der Waals surface area contributed by atoms with Crippen LogP contribution in [0.1, 0.15) is 25.0 Å². The third-order valence-corrected chi connectivity index (χ3v) is 5.24. The van der Waals surface area contributed by atoms with Crippen LogP contribution in [0.25, 0.3) is 12.2 Å². The summed E-state index contributed by atoms with van der Waals surface area (Å²) in [7, 11) is 1.47. The van der Waals surface area contributed by atoms with Gasteiger partial charge in [0, 0.05) is 36.0 Å². The molecule has 0 aliphatic carbocycles. The number of phenolic OH excluding ortho intramolecular Hbond substituents is 1. The molecule has 166 valence electrons. The van der Waals surface area contributed by atoms with E-state index in [0.29, 0.717) is 22.6 Å². The molecule has 0 spiro atoms. The van der Waals surface area contributed by atoms with Crippen molar-refractivity contribution in [3.8, 4) is 17.2 Å². The molecule has 1 aliphatic rings. The average Bonchev–Trinajstić information content (AvgIpc) is 2.81. The standard InChI is InChI=1S/C26H27NO5/c1-4-27(5-2)21-10-8-19-15-20(26(17-28)32-25(19)16-21)9-12-22(29)11-6-18-7-13-24(31-3)23(30)14-18/h6-17,26,30H,4-5H2,1-3H3/b11-6+,12-9+. The van der Waals surface area contributed by atoms with Gasteiger partial charge in [-0.2, -0.15) is 0 Å². The van der Waals surface area contributed by atoms with Gasteiger partial charge in [-0.1, -0.05) is 18.2 Å². The summed E-state index contributed by atoms with van der Waals surface area (Å²) in [4.78, 5) is 26.1. The van der Waals surface area contributed by atoms with Crippen molar-refractivity contribution in [1.29, 1.82) is 0 Å². The summed E-state index contributed by atoms with van der Waals surface area (Å²) in [5.74, 6) is 0.753. The molecule has 0 aromatic heterocycles. The lowest BCUT2D eigenvalue weighted by molar-refractivity contribution is -0.112. The molecular weight excluding hydrogens is 406 g/mol. The van der Waals surface area contributed by atoms with Gasteiger partial charge in [0.15, 0.2) is 29.7 Å². The lowest BCUT2D eigenvalue weighted by atomic mass is 10.0. The zero-order valence-electron chi connectivity index (χ0n) is 18.4. The van der Waals surface area contributed by atoms with Gasteiger partial charge < -0.3 is 19.5 Å². The van der Waals surface area contributed by atoms with Crippen molar-refractivity contribution < 1.29 is 24.2 Å². The van der Waals surface area contributed by atoms with E-state index in [1.807, 2.05) is 24.3 Å². The number of phenols is 1. The summed E-state index contributed by atoms with van der Waals surface area (Å²) >= 11 is 0. The SMILES string of the molecule is CCN(CC)c1ccc2c(c1)OC(C=O)C(/C=C/C(=O)/C=C/c1ccc(OC)c(O)c1)=C2. The molecule has 6 heteroatoms. The first kappa shape index (κ1) is 22.9. The van der Waals surface area contributed by atoms with E-state index in [2.05, 4.69) is 18.7 Å². The van der Waals surface area contributed by atoms with E-state index in [0.717, 1.165) is 30.6 Å². The molecule has 1 atom stereocenters. The van der Waals surface area contributed by atoms with Gasteiger partial charge in [0.2, 0.25) is 0 Å². The van der Waals surface area contributed by atoms with E-state index in [-0.39, 0.29) is 11.5 Å². The fraction of sp³-hybridized carbons (Fsp3) is 0.231. The quantitative estimate of drug-likeness (QED) is 0.466. The molecule has 0 saturated heterocycles. The summed E-state index contributed by atoms with van der Waals surface area (Å²) in [6, 6.07) is 10.8. The molecule has 1 unspecified atom stereocenters. The molecule has 32 heavy (non-hydrogen) atoms. The number of carbonyl (C=O) groups is 2. The second kappa shape index (κ2) is 10.5. The van der Waals surface area contributed by atoms with Crippen LogP contribution < -0.4 is 14.4 Å². The molecule has 3 rings (SSSR count). The number of nitrogens with zero attached hydrogens (tertiary/aromatic N) is 1. The third kappa shape index (κ3) is 5.27. The molecular formula is C26H27NO5. The monoisotopic (exact) mass is 433 g/mol. The topological polar surface area (TPSA) is 76.1 Å². The Morgan fingerprint density at radius 1 is 1.12 bits per heavy atom. The number of ether oxygens (including phenoxy) is 2. The Hall–Kier alpha value is -3.80. The fourth-order valence-electron chi connectivity index (χ4n) is 3.47. The Labute approximate surface area is 188 Å². The van der Waals surface area contributed by atoms with Crippen LogP contribution in [0.3, 0.4) is 0 Å². The number of rotatable bonds is 9. The van der Waals surface area contributed by atoms with Gasteiger partial charge in [0.1, 0.15) is 5.75 Å². The number of fused-ring (bicyclic) bond motifs is 1. The first-order chi connectivity index (χ1) is 15.5. The number of aldehydes is 1. The van der Waals surface area contributed by atoms with Crippen molar-refractivity contribution in [2.45, 2.75) is 20.0 Å². The molecule has 0 amide bonds. The maximum Gasteiger partial charge on any atom is 0.179 e. The highest BCUT2D eigenvalue weighted by Gasteiger charge is 2.21. The molecule has 1 N–H and O–H groups in total. The Balaban J connectivity index is 1.76. The molecule has 0 bridgehead atoms. The summed E-state index contributed by atoms with van der Waals surface area (Å²) < 4.78 is 10.9. The zero-order valence-corrected chi connectivity index (χ0v) is 18.4. The summed E-state index contributed by atoms with van der Waals surface area (Å²) in [6.07, 6.45) is 7.78. The highest BCUT2D eigenvalue weighted by atomic mass is 16.5. The van der Waals surface area contributed by atoms with Crippen molar-refractivity contribution >= 4 is 29.9 Å². The Morgan fingerprint density at radius 3 is 2.53 bits per heavy atom. The van der Waals surface area contributed by atoms with Crippen LogP contribution in [-0.4, -0.2) is 43.5 Å². The molecule has 0 saturated carbocycles. The first-order valence-corrected chi connectivity index (χ1v) is 10.5. The maximum atomic E-state index is 12.3. The van der Waals surface area contributed by atoms with Crippen LogP contribution in [0.2, 0.25) is 0 Å². The molecule has 1 aliphatic heterocycles. The van der Waals surface area contributed by atoms with Gasteiger partial charge in [-0.25, -0.2) is 0 Å². The number of carbonyl (C=O) groups excluding carboxylic acids is 2. The molecule has 2 aromatic rings. The molecule has 0 radical (unpaired) electrons.